The Labute approximate surface area is 167 Å². The number of nitrogens with one attached hydrogen (secondary N) is 2. The smallest absolute Gasteiger partial charge is 0.340 e. The van der Waals surface area contributed by atoms with E-state index in [0.717, 1.165) is 0 Å². The topological polar surface area (TPSA) is 117 Å². The van der Waals surface area contributed by atoms with E-state index in [2.05, 4.69) is 20.6 Å². The third-order valence-corrected chi connectivity index (χ3v) is 3.87. The number of para-hydroxylation sites is 2. The fourth-order valence-electron chi connectivity index (χ4n) is 2.50. The first-order valence-corrected chi connectivity index (χ1v) is 8.78. The molecule has 8 heteroatoms. The van der Waals surface area contributed by atoms with E-state index in [1.165, 1.54) is 12.4 Å². The summed E-state index contributed by atoms with van der Waals surface area (Å²) in [6.45, 7) is 2.00. The maximum atomic E-state index is 12.4. The highest BCUT2D eigenvalue weighted by Gasteiger charge is 2.14. The quantitative estimate of drug-likeness (QED) is 0.621. The van der Waals surface area contributed by atoms with Crippen molar-refractivity contribution in [3.63, 3.8) is 0 Å². The summed E-state index contributed by atoms with van der Waals surface area (Å²) in [6.07, 6.45) is 2.69. The number of hydrogen-bond acceptors (Lipinski definition) is 7. The van der Waals surface area contributed by atoms with Crippen LogP contribution in [-0.4, -0.2) is 28.5 Å². The van der Waals surface area contributed by atoms with Crippen LogP contribution < -0.4 is 10.6 Å². The maximum Gasteiger partial charge on any atom is 0.340 e. The predicted molar refractivity (Wildman–Crippen MR) is 107 cm³/mol. The lowest BCUT2D eigenvalue weighted by molar-refractivity contribution is 0.0527. The van der Waals surface area contributed by atoms with Crippen LogP contribution in [0.3, 0.4) is 0 Å². The fourth-order valence-corrected chi connectivity index (χ4v) is 2.50. The second kappa shape index (κ2) is 9.10. The van der Waals surface area contributed by atoms with Gasteiger partial charge in [-0.25, -0.2) is 14.8 Å². The highest BCUT2D eigenvalue weighted by molar-refractivity contribution is 6.03. The van der Waals surface area contributed by atoms with E-state index in [-0.39, 0.29) is 12.3 Å². The molecule has 0 saturated heterocycles. The lowest BCUT2D eigenvalue weighted by Gasteiger charge is -2.11. The Morgan fingerprint density at radius 3 is 2.45 bits per heavy atom. The Kier molecular flexibility index (Phi) is 6.12. The number of aromatic nitrogens is 2. The van der Waals surface area contributed by atoms with Gasteiger partial charge in [-0.3, -0.25) is 4.79 Å². The number of benzene rings is 2. The first kappa shape index (κ1) is 19.5. The molecule has 0 spiro atoms. The summed E-state index contributed by atoms with van der Waals surface area (Å²) < 4.78 is 5.04. The van der Waals surface area contributed by atoms with Gasteiger partial charge < -0.3 is 15.4 Å². The van der Waals surface area contributed by atoms with Gasteiger partial charge in [-0.2, -0.15) is 5.26 Å². The average Bonchev–Trinajstić information content (AvgIpc) is 2.75. The molecule has 0 aliphatic rings. The number of rotatable bonds is 6. The number of carbonyl (C=O) groups excluding carboxylic acids is 2. The van der Waals surface area contributed by atoms with Gasteiger partial charge in [0.1, 0.15) is 17.6 Å². The molecule has 144 valence electrons. The molecule has 1 aromatic heterocycles. The Morgan fingerprint density at radius 1 is 1.03 bits per heavy atom. The minimum Gasteiger partial charge on any atom is -0.462 e. The van der Waals surface area contributed by atoms with E-state index in [9.17, 15) is 9.59 Å². The zero-order valence-electron chi connectivity index (χ0n) is 15.5. The van der Waals surface area contributed by atoms with Gasteiger partial charge in [0.2, 0.25) is 0 Å². The van der Waals surface area contributed by atoms with E-state index < -0.39 is 11.9 Å². The van der Waals surface area contributed by atoms with Crippen molar-refractivity contribution in [3.05, 3.63) is 77.7 Å². The molecule has 0 aliphatic heterocycles. The third-order valence-electron chi connectivity index (χ3n) is 3.87. The van der Waals surface area contributed by atoms with Crippen molar-refractivity contribution in [2.24, 2.45) is 0 Å². The monoisotopic (exact) mass is 387 g/mol. The lowest BCUT2D eigenvalue weighted by atomic mass is 10.2. The summed E-state index contributed by atoms with van der Waals surface area (Å²) in [5.41, 5.74) is 1.71. The molecule has 0 bridgehead atoms. The molecule has 1 heterocycles. The van der Waals surface area contributed by atoms with Gasteiger partial charge >= 0.3 is 5.97 Å². The zero-order chi connectivity index (χ0) is 20.6. The van der Waals surface area contributed by atoms with Crippen molar-refractivity contribution in [1.29, 1.82) is 5.26 Å². The van der Waals surface area contributed by atoms with E-state index in [0.29, 0.717) is 28.3 Å². The number of amides is 1. The molecule has 2 aromatic carbocycles. The summed E-state index contributed by atoms with van der Waals surface area (Å²) in [4.78, 5) is 32.7. The van der Waals surface area contributed by atoms with Crippen LogP contribution in [-0.2, 0) is 4.74 Å². The number of ether oxygens (including phenoxy) is 1. The van der Waals surface area contributed by atoms with Crippen LogP contribution >= 0.6 is 0 Å². The van der Waals surface area contributed by atoms with Gasteiger partial charge in [0, 0.05) is 0 Å². The van der Waals surface area contributed by atoms with Gasteiger partial charge in [-0.1, -0.05) is 24.3 Å². The molecular formula is C21H17N5O3. The van der Waals surface area contributed by atoms with Crippen molar-refractivity contribution >= 4 is 29.1 Å². The molecule has 0 fully saturated rings. The van der Waals surface area contributed by atoms with Gasteiger partial charge in [0.25, 0.3) is 5.91 Å². The van der Waals surface area contributed by atoms with Gasteiger partial charge in [-0.05, 0) is 31.2 Å². The Bertz CT molecular complexity index is 1070. The van der Waals surface area contributed by atoms with Crippen LogP contribution in [0, 0.1) is 11.3 Å². The van der Waals surface area contributed by atoms with Crippen LogP contribution in [0.5, 0.6) is 0 Å². The van der Waals surface area contributed by atoms with Crippen molar-refractivity contribution < 1.29 is 14.3 Å². The van der Waals surface area contributed by atoms with Gasteiger partial charge in [0.05, 0.1) is 41.5 Å². The first-order chi connectivity index (χ1) is 14.1. The molecule has 1 amide bonds. The minimum atomic E-state index is -0.487. The number of nitriles is 1. The summed E-state index contributed by atoms with van der Waals surface area (Å²) in [7, 11) is 0. The van der Waals surface area contributed by atoms with Crippen molar-refractivity contribution in [1.82, 2.24) is 9.97 Å². The lowest BCUT2D eigenvalue weighted by Crippen LogP contribution is -2.15. The van der Waals surface area contributed by atoms with E-state index >= 15 is 0 Å². The number of carbonyl (C=O) groups is 2. The molecule has 0 radical (unpaired) electrons. The van der Waals surface area contributed by atoms with Crippen molar-refractivity contribution in [2.45, 2.75) is 6.92 Å². The number of esters is 1. The fraction of sp³-hybridized carbons (Fsp3) is 0.0952. The number of nitrogens with zero attached hydrogens (tertiary/aromatic N) is 3. The Balaban J connectivity index is 1.74. The summed E-state index contributed by atoms with van der Waals surface area (Å²) in [5, 5.41) is 14.7. The third kappa shape index (κ3) is 4.73. The van der Waals surface area contributed by atoms with E-state index in [4.69, 9.17) is 10.00 Å². The molecule has 0 saturated carbocycles. The highest BCUT2D eigenvalue weighted by Crippen LogP contribution is 2.20. The van der Waals surface area contributed by atoms with Crippen molar-refractivity contribution in [3.8, 4) is 6.07 Å². The molecule has 3 rings (SSSR count). The average molecular weight is 387 g/mol. The summed E-state index contributed by atoms with van der Waals surface area (Å²) in [5.74, 6) is -0.579. The van der Waals surface area contributed by atoms with Crippen molar-refractivity contribution in [2.75, 3.05) is 17.2 Å². The molecule has 8 nitrogen and oxygen atoms in total. The predicted octanol–water partition coefficient (Wildman–Crippen LogP) is 3.52. The van der Waals surface area contributed by atoms with Gasteiger partial charge in [0.15, 0.2) is 0 Å². The van der Waals surface area contributed by atoms with Crippen LogP contribution in [0.15, 0.2) is 60.9 Å². The number of anilines is 3. The molecule has 2 N–H and O–H groups in total. The summed E-state index contributed by atoms with van der Waals surface area (Å²) >= 11 is 0. The zero-order valence-corrected chi connectivity index (χ0v) is 15.5. The molecular weight excluding hydrogens is 370 g/mol. The molecule has 0 atom stereocenters. The molecule has 0 unspecified atom stereocenters. The second-order valence-electron chi connectivity index (χ2n) is 5.79. The van der Waals surface area contributed by atoms with Crippen LogP contribution in [0.1, 0.15) is 33.3 Å². The minimum absolute atomic E-state index is 0.0852. The van der Waals surface area contributed by atoms with Crippen LogP contribution in [0.4, 0.5) is 17.2 Å². The first-order valence-electron chi connectivity index (χ1n) is 8.78. The van der Waals surface area contributed by atoms with Crippen LogP contribution in [0.25, 0.3) is 0 Å². The normalized spacial score (nSPS) is 9.93. The second-order valence-corrected chi connectivity index (χ2v) is 5.79. The SMILES string of the molecule is CCOC(=O)c1ccccc1Nc1cnc(C(=O)Nc2ccccc2C#N)cn1. The van der Waals surface area contributed by atoms with Gasteiger partial charge in [-0.15, -0.1) is 0 Å². The maximum absolute atomic E-state index is 12.4. The summed E-state index contributed by atoms with van der Waals surface area (Å²) in [6, 6.07) is 15.5. The van der Waals surface area contributed by atoms with Crippen LogP contribution in [0.2, 0.25) is 0 Å². The highest BCUT2D eigenvalue weighted by atomic mass is 16.5. The largest absolute Gasteiger partial charge is 0.462 e. The van der Waals surface area contributed by atoms with E-state index in [1.807, 2.05) is 6.07 Å². The molecule has 3 aromatic rings. The molecule has 0 aliphatic carbocycles. The standard InChI is InChI=1S/C21H17N5O3/c1-2-29-21(28)15-8-4-6-10-17(15)25-19-13-23-18(12-24-19)20(27)26-16-9-5-3-7-14(16)11-22/h3-10,12-13H,2H2,1H3,(H,24,25)(H,26,27). The van der Waals surface area contributed by atoms with E-state index in [1.54, 1.807) is 55.5 Å². The molecule has 29 heavy (non-hydrogen) atoms. The number of hydrogen-bond donors (Lipinski definition) is 2. The Hall–Kier alpha value is -4.25. The Morgan fingerprint density at radius 2 is 1.76 bits per heavy atom.